The second kappa shape index (κ2) is 3.55. The van der Waals surface area contributed by atoms with Gasteiger partial charge in [0.05, 0.1) is 0 Å². The third kappa shape index (κ3) is 3.45. The molecule has 0 saturated carbocycles. The average Bonchev–Trinajstić information content (AvgIpc) is 1.80. The lowest BCUT2D eigenvalue weighted by Crippen LogP contribution is -2.25. The molecular formula is C5H9F3N2. The number of rotatable bonds is 3. The third-order valence-corrected chi connectivity index (χ3v) is 0.967. The highest BCUT2D eigenvalue weighted by Crippen LogP contribution is 2.17. The largest absolute Gasteiger partial charge is 0.428 e. The van der Waals surface area contributed by atoms with E-state index in [2.05, 4.69) is 5.32 Å². The summed E-state index contributed by atoms with van der Waals surface area (Å²) >= 11 is 0. The van der Waals surface area contributed by atoms with Crippen molar-refractivity contribution in [3.63, 3.8) is 0 Å². The summed E-state index contributed by atoms with van der Waals surface area (Å²) in [5.74, 6) is 0. The zero-order valence-electron chi connectivity index (χ0n) is 5.55. The predicted molar refractivity (Wildman–Crippen MR) is 32.3 cm³/mol. The molecule has 2 N–H and O–H groups in total. The van der Waals surface area contributed by atoms with E-state index >= 15 is 0 Å². The van der Waals surface area contributed by atoms with Crippen molar-refractivity contribution < 1.29 is 13.2 Å². The molecule has 5 heteroatoms. The molecule has 0 bridgehead atoms. The summed E-state index contributed by atoms with van der Waals surface area (Å²) in [7, 11) is 1.55. The van der Waals surface area contributed by atoms with Crippen LogP contribution in [0.2, 0.25) is 0 Å². The Morgan fingerprint density at radius 3 is 2.30 bits per heavy atom. The molecule has 0 aliphatic heterocycles. The van der Waals surface area contributed by atoms with Crippen molar-refractivity contribution in [3.05, 3.63) is 0 Å². The first-order valence-corrected chi connectivity index (χ1v) is 2.77. The van der Waals surface area contributed by atoms with Gasteiger partial charge in [-0.25, -0.2) is 0 Å². The molecule has 0 saturated heterocycles. The van der Waals surface area contributed by atoms with Crippen LogP contribution in [-0.4, -0.2) is 25.5 Å². The van der Waals surface area contributed by atoms with Gasteiger partial charge >= 0.3 is 6.18 Å². The van der Waals surface area contributed by atoms with Crippen molar-refractivity contribution in [2.75, 3.05) is 13.6 Å². The summed E-state index contributed by atoms with van der Waals surface area (Å²) in [6.07, 6.45) is -4.71. The van der Waals surface area contributed by atoms with Crippen LogP contribution >= 0.6 is 0 Å². The highest BCUT2D eigenvalue weighted by atomic mass is 19.4. The Bertz CT molecular complexity index is 119. The minimum Gasteiger partial charge on any atom is -0.319 e. The average molecular weight is 154 g/mol. The molecule has 0 amide bonds. The Balaban J connectivity index is 3.64. The molecule has 0 aliphatic rings. The van der Waals surface area contributed by atoms with E-state index in [1.165, 1.54) is 0 Å². The lowest BCUT2D eigenvalue weighted by molar-refractivity contribution is -0.0612. The summed E-state index contributed by atoms with van der Waals surface area (Å²) in [5, 5.41) is 9.01. The van der Waals surface area contributed by atoms with Gasteiger partial charge in [0.1, 0.15) is 5.71 Å². The van der Waals surface area contributed by atoms with Crippen LogP contribution in [0, 0.1) is 5.41 Å². The number of hydrogen-bond acceptors (Lipinski definition) is 2. The Morgan fingerprint density at radius 1 is 1.50 bits per heavy atom. The van der Waals surface area contributed by atoms with Crippen molar-refractivity contribution in [2.45, 2.75) is 12.6 Å². The number of nitrogens with one attached hydrogen (secondary N) is 2. The van der Waals surface area contributed by atoms with Crippen molar-refractivity contribution in [1.29, 1.82) is 5.41 Å². The number of halogens is 3. The molecule has 0 fully saturated rings. The second-order valence-electron chi connectivity index (χ2n) is 1.83. The zero-order valence-corrected chi connectivity index (χ0v) is 5.55. The van der Waals surface area contributed by atoms with Crippen LogP contribution in [0.25, 0.3) is 0 Å². The Hall–Kier alpha value is -0.580. The van der Waals surface area contributed by atoms with Gasteiger partial charge in [0, 0.05) is 13.0 Å². The van der Waals surface area contributed by atoms with E-state index in [0.717, 1.165) is 0 Å². The lowest BCUT2D eigenvalue weighted by atomic mass is 10.2. The second-order valence-corrected chi connectivity index (χ2v) is 1.83. The molecule has 0 atom stereocenters. The fourth-order valence-corrected chi connectivity index (χ4v) is 0.392. The summed E-state index contributed by atoms with van der Waals surface area (Å²) in [6.45, 7) is 0.193. The molecule has 0 heterocycles. The van der Waals surface area contributed by atoms with Gasteiger partial charge in [-0.2, -0.15) is 13.2 Å². The highest BCUT2D eigenvalue weighted by Gasteiger charge is 2.33. The monoisotopic (exact) mass is 154 g/mol. The van der Waals surface area contributed by atoms with Crippen molar-refractivity contribution in [3.8, 4) is 0 Å². The smallest absolute Gasteiger partial charge is 0.319 e. The summed E-state index contributed by atoms with van der Waals surface area (Å²) < 4.78 is 34.6. The summed E-state index contributed by atoms with van der Waals surface area (Å²) in [5.41, 5.74) is -1.18. The van der Waals surface area contributed by atoms with Crippen molar-refractivity contribution in [2.24, 2.45) is 0 Å². The molecular weight excluding hydrogens is 145 g/mol. The summed E-state index contributed by atoms with van der Waals surface area (Å²) in [6, 6.07) is 0. The van der Waals surface area contributed by atoms with Gasteiger partial charge in [0.15, 0.2) is 0 Å². The molecule has 60 valence electrons. The molecule has 0 aromatic rings. The molecule has 0 unspecified atom stereocenters. The van der Waals surface area contributed by atoms with Gasteiger partial charge in [-0.1, -0.05) is 0 Å². The van der Waals surface area contributed by atoms with E-state index < -0.39 is 11.9 Å². The predicted octanol–water partition coefficient (Wildman–Crippen LogP) is 1.18. The van der Waals surface area contributed by atoms with E-state index in [9.17, 15) is 13.2 Å². The molecule has 10 heavy (non-hydrogen) atoms. The van der Waals surface area contributed by atoms with E-state index in [1.54, 1.807) is 7.05 Å². The van der Waals surface area contributed by atoms with Gasteiger partial charge in [-0.15, -0.1) is 0 Å². The minimum absolute atomic E-state index is 0.193. The van der Waals surface area contributed by atoms with Crippen LogP contribution in [0.3, 0.4) is 0 Å². The van der Waals surface area contributed by atoms with Crippen LogP contribution in [0.15, 0.2) is 0 Å². The van der Waals surface area contributed by atoms with E-state index in [-0.39, 0.29) is 13.0 Å². The topological polar surface area (TPSA) is 35.9 Å². The van der Waals surface area contributed by atoms with Crippen LogP contribution in [-0.2, 0) is 0 Å². The highest BCUT2D eigenvalue weighted by molar-refractivity contribution is 5.86. The first-order chi connectivity index (χ1) is 4.48. The SMILES string of the molecule is CNCCC(=N)C(F)(F)F. The van der Waals surface area contributed by atoms with Gasteiger partial charge in [-0.3, -0.25) is 0 Å². The third-order valence-electron chi connectivity index (χ3n) is 0.967. The standard InChI is InChI=1S/C5H9F3N2/c1-10-3-2-4(9)5(6,7)8/h9-10H,2-3H2,1H3. The van der Waals surface area contributed by atoms with Crippen molar-refractivity contribution in [1.82, 2.24) is 5.32 Å². The number of hydrogen-bond donors (Lipinski definition) is 2. The Morgan fingerprint density at radius 2 is 2.00 bits per heavy atom. The molecule has 0 aromatic heterocycles. The fourth-order valence-electron chi connectivity index (χ4n) is 0.392. The Labute approximate surface area is 56.9 Å². The quantitative estimate of drug-likeness (QED) is 0.588. The first kappa shape index (κ1) is 9.42. The molecule has 0 spiro atoms. The molecule has 0 radical (unpaired) electrons. The van der Waals surface area contributed by atoms with Gasteiger partial charge in [0.25, 0.3) is 0 Å². The molecule has 0 aliphatic carbocycles. The van der Waals surface area contributed by atoms with E-state index in [4.69, 9.17) is 5.41 Å². The maximum absolute atomic E-state index is 11.5. The van der Waals surface area contributed by atoms with E-state index in [1.807, 2.05) is 0 Å². The van der Waals surface area contributed by atoms with Crippen molar-refractivity contribution >= 4 is 5.71 Å². The number of alkyl halides is 3. The zero-order chi connectivity index (χ0) is 8.20. The maximum atomic E-state index is 11.5. The van der Waals surface area contributed by atoms with Gasteiger partial charge in [0.2, 0.25) is 0 Å². The first-order valence-electron chi connectivity index (χ1n) is 2.77. The van der Waals surface area contributed by atoms with Gasteiger partial charge < -0.3 is 10.7 Å². The van der Waals surface area contributed by atoms with Gasteiger partial charge in [-0.05, 0) is 7.05 Å². The van der Waals surface area contributed by atoms with Crippen LogP contribution in [0.4, 0.5) is 13.2 Å². The lowest BCUT2D eigenvalue weighted by Gasteiger charge is -2.06. The Kier molecular flexibility index (Phi) is 3.35. The van der Waals surface area contributed by atoms with E-state index in [0.29, 0.717) is 0 Å². The molecule has 2 nitrogen and oxygen atoms in total. The maximum Gasteiger partial charge on any atom is 0.428 e. The van der Waals surface area contributed by atoms with Crippen LogP contribution < -0.4 is 5.32 Å². The van der Waals surface area contributed by atoms with Crippen LogP contribution in [0.1, 0.15) is 6.42 Å². The minimum atomic E-state index is -4.45. The fraction of sp³-hybridized carbons (Fsp3) is 0.800. The van der Waals surface area contributed by atoms with Crippen LogP contribution in [0.5, 0.6) is 0 Å². The summed E-state index contributed by atoms with van der Waals surface area (Å²) in [4.78, 5) is 0. The molecule has 0 rings (SSSR count). The molecule has 0 aromatic carbocycles. The normalized spacial score (nSPS) is 11.6.